The fourth-order valence-electron chi connectivity index (χ4n) is 2.48. The Kier molecular flexibility index (Phi) is 4.17. The van der Waals surface area contributed by atoms with Gasteiger partial charge in [-0.15, -0.1) is 11.3 Å². The molecule has 6 heteroatoms. The van der Waals surface area contributed by atoms with E-state index in [-0.39, 0.29) is 6.42 Å². The van der Waals surface area contributed by atoms with Gasteiger partial charge in [0.05, 0.1) is 5.92 Å². The zero-order valence-corrected chi connectivity index (χ0v) is 10.8. The van der Waals surface area contributed by atoms with E-state index in [1.807, 2.05) is 5.38 Å². The van der Waals surface area contributed by atoms with Gasteiger partial charge in [0.1, 0.15) is 0 Å². The maximum atomic E-state index is 12.9. The summed E-state index contributed by atoms with van der Waals surface area (Å²) in [4.78, 5) is 0.918. The second-order valence-corrected chi connectivity index (χ2v) is 5.72. The van der Waals surface area contributed by atoms with Crippen LogP contribution in [-0.2, 0) is 6.54 Å². The van der Waals surface area contributed by atoms with Crippen LogP contribution < -0.4 is 11.1 Å². The molecular weight excluding hydrogens is 261 g/mol. The van der Waals surface area contributed by atoms with Gasteiger partial charge in [0.25, 0.3) is 0 Å². The lowest BCUT2D eigenvalue weighted by atomic mass is 9.84. The summed E-state index contributed by atoms with van der Waals surface area (Å²) in [6.45, 7) is 0.431. The SMILES string of the molecule is Nc1ccsc1CNC1CCCCC1C(F)(F)F. The summed E-state index contributed by atoms with van der Waals surface area (Å²) in [6, 6.07) is 1.31. The average Bonchev–Trinajstić information content (AvgIpc) is 2.71. The Morgan fingerprint density at radius 3 is 2.67 bits per heavy atom. The second kappa shape index (κ2) is 5.48. The zero-order chi connectivity index (χ0) is 13.2. The first-order chi connectivity index (χ1) is 8.48. The van der Waals surface area contributed by atoms with Gasteiger partial charge in [-0.3, -0.25) is 0 Å². The van der Waals surface area contributed by atoms with Gasteiger partial charge < -0.3 is 11.1 Å². The standard InChI is InChI=1S/C12H17F3N2S/c13-12(14,15)8-3-1-2-4-10(8)17-7-11-9(16)5-6-18-11/h5-6,8,10,17H,1-4,7,16H2. The van der Waals surface area contributed by atoms with E-state index in [1.165, 1.54) is 11.3 Å². The van der Waals surface area contributed by atoms with Crippen LogP contribution in [0.2, 0.25) is 0 Å². The summed E-state index contributed by atoms with van der Waals surface area (Å²) < 4.78 is 38.6. The molecule has 0 aromatic carbocycles. The van der Waals surface area contributed by atoms with E-state index in [0.29, 0.717) is 25.1 Å². The minimum Gasteiger partial charge on any atom is -0.398 e. The van der Waals surface area contributed by atoms with E-state index in [0.717, 1.165) is 11.3 Å². The van der Waals surface area contributed by atoms with Crippen LogP contribution in [0.4, 0.5) is 18.9 Å². The molecule has 2 nitrogen and oxygen atoms in total. The average molecular weight is 278 g/mol. The number of nitrogen functional groups attached to an aromatic ring is 1. The Labute approximate surface area is 108 Å². The summed E-state index contributed by atoms with van der Waals surface area (Å²) in [5.74, 6) is -1.22. The molecule has 0 aliphatic heterocycles. The number of nitrogens with one attached hydrogen (secondary N) is 1. The molecule has 2 atom stereocenters. The van der Waals surface area contributed by atoms with Crippen molar-refractivity contribution in [2.24, 2.45) is 5.92 Å². The number of halogens is 3. The molecule has 102 valence electrons. The molecule has 1 aliphatic rings. The number of anilines is 1. The number of hydrogen-bond donors (Lipinski definition) is 2. The monoisotopic (exact) mass is 278 g/mol. The van der Waals surface area contributed by atoms with Gasteiger partial charge in [0.2, 0.25) is 0 Å². The molecule has 1 saturated carbocycles. The molecule has 3 N–H and O–H groups in total. The van der Waals surface area contributed by atoms with Gasteiger partial charge in [0, 0.05) is 23.2 Å². The predicted molar refractivity (Wildman–Crippen MR) is 67.4 cm³/mol. The molecule has 1 heterocycles. The number of thiophene rings is 1. The molecule has 2 rings (SSSR count). The van der Waals surface area contributed by atoms with Crippen molar-refractivity contribution in [3.63, 3.8) is 0 Å². The summed E-state index contributed by atoms with van der Waals surface area (Å²) in [7, 11) is 0. The molecule has 0 saturated heterocycles. The van der Waals surface area contributed by atoms with Gasteiger partial charge >= 0.3 is 6.18 Å². The third-order valence-corrected chi connectivity index (χ3v) is 4.43. The summed E-state index contributed by atoms with van der Waals surface area (Å²) in [5, 5.41) is 4.89. The topological polar surface area (TPSA) is 38.0 Å². The van der Waals surface area contributed by atoms with E-state index in [2.05, 4.69) is 5.32 Å². The van der Waals surface area contributed by atoms with Crippen LogP contribution in [0.25, 0.3) is 0 Å². The zero-order valence-electron chi connectivity index (χ0n) is 9.96. The predicted octanol–water partition coefficient (Wildman–Crippen LogP) is 3.54. The Morgan fingerprint density at radius 2 is 2.06 bits per heavy atom. The van der Waals surface area contributed by atoms with Crippen LogP contribution in [0.15, 0.2) is 11.4 Å². The molecule has 1 aromatic heterocycles. The summed E-state index contributed by atoms with van der Waals surface area (Å²) >= 11 is 1.48. The number of hydrogen-bond acceptors (Lipinski definition) is 3. The second-order valence-electron chi connectivity index (χ2n) is 4.72. The van der Waals surface area contributed by atoms with Crippen molar-refractivity contribution in [1.29, 1.82) is 0 Å². The quantitative estimate of drug-likeness (QED) is 0.887. The van der Waals surface area contributed by atoms with Crippen LogP contribution in [0.3, 0.4) is 0 Å². The van der Waals surface area contributed by atoms with E-state index in [1.54, 1.807) is 6.07 Å². The van der Waals surface area contributed by atoms with E-state index in [4.69, 9.17) is 5.73 Å². The van der Waals surface area contributed by atoms with Crippen molar-refractivity contribution in [1.82, 2.24) is 5.32 Å². The maximum Gasteiger partial charge on any atom is 0.393 e. The highest BCUT2D eigenvalue weighted by Crippen LogP contribution is 2.38. The molecular formula is C12H17F3N2S. The van der Waals surface area contributed by atoms with E-state index >= 15 is 0 Å². The smallest absolute Gasteiger partial charge is 0.393 e. The van der Waals surface area contributed by atoms with Crippen molar-refractivity contribution in [3.05, 3.63) is 16.3 Å². The van der Waals surface area contributed by atoms with E-state index in [9.17, 15) is 13.2 Å². The lowest BCUT2D eigenvalue weighted by Crippen LogP contribution is -2.45. The van der Waals surface area contributed by atoms with Crippen LogP contribution in [0, 0.1) is 5.92 Å². The van der Waals surface area contributed by atoms with Crippen molar-refractivity contribution in [2.45, 2.75) is 44.4 Å². The minimum absolute atomic E-state index is 0.237. The largest absolute Gasteiger partial charge is 0.398 e. The first-order valence-electron chi connectivity index (χ1n) is 6.10. The first kappa shape index (κ1) is 13.7. The van der Waals surface area contributed by atoms with Crippen LogP contribution in [0.1, 0.15) is 30.6 Å². The number of alkyl halides is 3. The Bertz CT molecular complexity index is 389. The third-order valence-electron chi connectivity index (χ3n) is 3.49. The highest BCUT2D eigenvalue weighted by Gasteiger charge is 2.45. The van der Waals surface area contributed by atoms with Crippen molar-refractivity contribution >= 4 is 17.0 Å². The molecule has 1 aromatic rings. The first-order valence-corrected chi connectivity index (χ1v) is 6.98. The third kappa shape index (κ3) is 3.17. The lowest BCUT2D eigenvalue weighted by molar-refractivity contribution is -0.189. The van der Waals surface area contributed by atoms with Gasteiger partial charge in [0.15, 0.2) is 0 Å². The molecule has 0 bridgehead atoms. The molecule has 0 amide bonds. The molecule has 18 heavy (non-hydrogen) atoms. The molecule has 1 aliphatic carbocycles. The fourth-order valence-corrected chi connectivity index (χ4v) is 3.23. The molecule has 2 unspecified atom stereocenters. The highest BCUT2D eigenvalue weighted by molar-refractivity contribution is 7.10. The van der Waals surface area contributed by atoms with Crippen LogP contribution >= 0.6 is 11.3 Å². The van der Waals surface area contributed by atoms with Crippen molar-refractivity contribution in [3.8, 4) is 0 Å². The maximum absolute atomic E-state index is 12.9. The van der Waals surface area contributed by atoms with Gasteiger partial charge in [-0.1, -0.05) is 12.8 Å². The highest BCUT2D eigenvalue weighted by atomic mass is 32.1. The summed E-state index contributed by atoms with van der Waals surface area (Å²) in [5.41, 5.74) is 6.38. The Balaban J connectivity index is 1.96. The summed E-state index contributed by atoms with van der Waals surface area (Å²) in [6.07, 6.45) is -1.73. The van der Waals surface area contributed by atoms with Crippen LogP contribution in [0.5, 0.6) is 0 Å². The normalized spacial score (nSPS) is 25.3. The molecule has 0 radical (unpaired) electrons. The van der Waals surface area contributed by atoms with Crippen LogP contribution in [-0.4, -0.2) is 12.2 Å². The lowest BCUT2D eigenvalue weighted by Gasteiger charge is -2.33. The van der Waals surface area contributed by atoms with E-state index < -0.39 is 18.1 Å². The van der Waals surface area contributed by atoms with Gasteiger partial charge in [-0.25, -0.2) is 0 Å². The minimum atomic E-state index is -4.10. The van der Waals surface area contributed by atoms with Crippen molar-refractivity contribution in [2.75, 3.05) is 5.73 Å². The van der Waals surface area contributed by atoms with Gasteiger partial charge in [-0.05, 0) is 24.3 Å². The molecule has 0 spiro atoms. The van der Waals surface area contributed by atoms with Gasteiger partial charge in [-0.2, -0.15) is 13.2 Å². The molecule has 1 fully saturated rings. The fraction of sp³-hybridized carbons (Fsp3) is 0.667. The Morgan fingerprint density at radius 1 is 1.33 bits per heavy atom. The van der Waals surface area contributed by atoms with Crippen molar-refractivity contribution < 1.29 is 13.2 Å². The number of nitrogens with two attached hydrogens (primary N) is 1. The Hall–Kier alpha value is -0.750. The number of rotatable bonds is 3.